The highest BCUT2D eigenvalue weighted by atomic mass is 79.9. The van der Waals surface area contributed by atoms with E-state index >= 15 is 0 Å². The Hall–Kier alpha value is -0.640. The average Bonchev–Trinajstić information content (AvgIpc) is 2.45. The number of benzene rings is 2. The summed E-state index contributed by atoms with van der Waals surface area (Å²) in [4.78, 5) is 0. The maximum atomic E-state index is 3.67. The fraction of sp³-hybridized carbons (Fsp3) is 0.333. The summed E-state index contributed by atoms with van der Waals surface area (Å²) in [5.74, 6) is 0. The van der Waals surface area contributed by atoms with E-state index in [0.717, 1.165) is 34.8 Å². The second-order valence-corrected chi connectivity index (χ2v) is 7.15. The van der Waals surface area contributed by atoms with Gasteiger partial charge in [0.15, 0.2) is 0 Å². The molecule has 0 spiro atoms. The molecule has 0 aromatic heterocycles. The Bertz CT molecular complexity index is 521. The van der Waals surface area contributed by atoms with Crippen molar-refractivity contribution in [1.29, 1.82) is 0 Å². The lowest BCUT2D eigenvalue weighted by molar-refractivity contribution is 0.504. The van der Waals surface area contributed by atoms with Gasteiger partial charge in [0, 0.05) is 15.0 Å². The third-order valence-electron chi connectivity index (χ3n) is 3.43. The van der Waals surface area contributed by atoms with Gasteiger partial charge in [-0.25, -0.2) is 0 Å². The molecule has 2 aromatic carbocycles. The van der Waals surface area contributed by atoms with Crippen LogP contribution in [0.1, 0.15) is 24.5 Å². The van der Waals surface area contributed by atoms with Crippen molar-refractivity contribution in [2.24, 2.45) is 0 Å². The minimum Gasteiger partial charge on any atom is -0.313 e. The predicted molar refractivity (Wildman–Crippen MR) is 97.8 cm³/mol. The van der Waals surface area contributed by atoms with Crippen LogP contribution in [-0.4, -0.2) is 12.6 Å². The summed E-state index contributed by atoms with van der Waals surface area (Å²) in [7, 11) is 0. The minimum atomic E-state index is 0.466. The standard InChI is InChI=1S/C18H21Br2N/c1-2-9-21-18(12-14-5-3-7-16(19)10-14)13-15-6-4-8-17(20)11-15/h3-8,10-11,18,21H,2,9,12-13H2,1H3. The zero-order valence-corrected chi connectivity index (χ0v) is 15.5. The first-order chi connectivity index (χ1) is 10.2. The van der Waals surface area contributed by atoms with E-state index in [-0.39, 0.29) is 0 Å². The Morgan fingerprint density at radius 1 is 0.905 bits per heavy atom. The van der Waals surface area contributed by atoms with Crippen molar-refractivity contribution in [3.05, 3.63) is 68.6 Å². The Kier molecular flexibility index (Phi) is 6.94. The summed E-state index contributed by atoms with van der Waals surface area (Å²) < 4.78 is 2.30. The van der Waals surface area contributed by atoms with Gasteiger partial charge in [-0.1, -0.05) is 63.0 Å². The Morgan fingerprint density at radius 3 is 1.86 bits per heavy atom. The van der Waals surface area contributed by atoms with Crippen LogP contribution in [0.4, 0.5) is 0 Å². The van der Waals surface area contributed by atoms with Crippen molar-refractivity contribution in [3.8, 4) is 0 Å². The molecule has 0 aliphatic rings. The minimum absolute atomic E-state index is 0.466. The molecule has 2 aromatic rings. The number of hydrogen-bond donors (Lipinski definition) is 1. The first-order valence-electron chi connectivity index (χ1n) is 7.39. The van der Waals surface area contributed by atoms with Crippen LogP contribution >= 0.6 is 31.9 Å². The van der Waals surface area contributed by atoms with Crippen molar-refractivity contribution in [1.82, 2.24) is 5.32 Å². The number of rotatable bonds is 7. The molecule has 1 nitrogen and oxygen atoms in total. The normalized spacial score (nSPS) is 11.0. The molecule has 112 valence electrons. The van der Waals surface area contributed by atoms with Gasteiger partial charge in [0.05, 0.1) is 0 Å². The van der Waals surface area contributed by atoms with E-state index in [1.54, 1.807) is 0 Å². The van der Waals surface area contributed by atoms with E-state index in [1.807, 2.05) is 0 Å². The van der Waals surface area contributed by atoms with E-state index in [1.165, 1.54) is 11.1 Å². The largest absolute Gasteiger partial charge is 0.313 e. The average molecular weight is 411 g/mol. The lowest BCUT2D eigenvalue weighted by atomic mass is 9.99. The highest BCUT2D eigenvalue weighted by Gasteiger charge is 2.10. The Morgan fingerprint density at radius 2 is 1.43 bits per heavy atom. The molecule has 0 unspecified atom stereocenters. The zero-order chi connectivity index (χ0) is 15.1. The predicted octanol–water partition coefficient (Wildman–Crippen LogP) is 5.37. The van der Waals surface area contributed by atoms with E-state index in [2.05, 4.69) is 92.6 Å². The van der Waals surface area contributed by atoms with Crippen LogP contribution in [-0.2, 0) is 12.8 Å². The molecule has 0 radical (unpaired) electrons. The summed E-state index contributed by atoms with van der Waals surface area (Å²) >= 11 is 7.11. The van der Waals surface area contributed by atoms with Crippen LogP contribution < -0.4 is 5.32 Å². The second-order valence-electron chi connectivity index (χ2n) is 5.32. The molecule has 0 aliphatic heterocycles. The van der Waals surface area contributed by atoms with Gasteiger partial charge in [-0.3, -0.25) is 0 Å². The molecule has 21 heavy (non-hydrogen) atoms. The molecule has 0 bridgehead atoms. The summed E-state index contributed by atoms with van der Waals surface area (Å²) in [5, 5.41) is 3.67. The molecule has 0 saturated carbocycles. The van der Waals surface area contributed by atoms with E-state index in [9.17, 15) is 0 Å². The highest BCUT2D eigenvalue weighted by Crippen LogP contribution is 2.17. The number of hydrogen-bond acceptors (Lipinski definition) is 1. The quantitative estimate of drug-likeness (QED) is 0.647. The molecular formula is C18H21Br2N. The Balaban J connectivity index is 2.06. The van der Waals surface area contributed by atoms with Gasteiger partial charge in [0.1, 0.15) is 0 Å². The van der Waals surface area contributed by atoms with Crippen molar-refractivity contribution >= 4 is 31.9 Å². The molecule has 0 fully saturated rings. The number of halogens is 2. The number of nitrogens with one attached hydrogen (secondary N) is 1. The van der Waals surface area contributed by atoms with Crippen LogP contribution in [0.5, 0.6) is 0 Å². The van der Waals surface area contributed by atoms with Gasteiger partial charge in [0.2, 0.25) is 0 Å². The molecule has 3 heteroatoms. The third-order valence-corrected chi connectivity index (χ3v) is 4.41. The van der Waals surface area contributed by atoms with Crippen molar-refractivity contribution in [3.63, 3.8) is 0 Å². The van der Waals surface area contributed by atoms with Crippen LogP contribution in [0.2, 0.25) is 0 Å². The van der Waals surface area contributed by atoms with Crippen LogP contribution in [0, 0.1) is 0 Å². The molecule has 0 saturated heterocycles. The van der Waals surface area contributed by atoms with Crippen molar-refractivity contribution in [2.75, 3.05) is 6.54 Å². The van der Waals surface area contributed by atoms with Crippen LogP contribution in [0.3, 0.4) is 0 Å². The van der Waals surface area contributed by atoms with Gasteiger partial charge in [0.25, 0.3) is 0 Å². The van der Waals surface area contributed by atoms with Crippen LogP contribution in [0.15, 0.2) is 57.5 Å². The summed E-state index contributed by atoms with van der Waals surface area (Å²) in [6, 6.07) is 17.7. The summed E-state index contributed by atoms with van der Waals surface area (Å²) in [6.45, 7) is 3.27. The monoisotopic (exact) mass is 409 g/mol. The van der Waals surface area contributed by atoms with Crippen molar-refractivity contribution < 1.29 is 0 Å². The summed E-state index contributed by atoms with van der Waals surface area (Å²) in [6.07, 6.45) is 3.26. The maximum Gasteiger partial charge on any atom is 0.0178 e. The molecular weight excluding hydrogens is 390 g/mol. The SMILES string of the molecule is CCCNC(Cc1cccc(Br)c1)Cc1cccc(Br)c1. The van der Waals surface area contributed by atoms with E-state index < -0.39 is 0 Å². The fourth-order valence-corrected chi connectivity index (χ4v) is 3.36. The van der Waals surface area contributed by atoms with Gasteiger partial charge in [-0.05, 0) is 61.2 Å². The molecule has 0 amide bonds. The van der Waals surface area contributed by atoms with Gasteiger partial charge < -0.3 is 5.32 Å². The molecule has 0 atom stereocenters. The van der Waals surface area contributed by atoms with E-state index in [0.29, 0.717) is 6.04 Å². The zero-order valence-electron chi connectivity index (χ0n) is 12.3. The van der Waals surface area contributed by atoms with Gasteiger partial charge in [-0.2, -0.15) is 0 Å². The second kappa shape index (κ2) is 8.72. The maximum absolute atomic E-state index is 3.67. The smallest absolute Gasteiger partial charge is 0.0178 e. The first-order valence-corrected chi connectivity index (χ1v) is 8.98. The fourth-order valence-electron chi connectivity index (χ4n) is 2.46. The molecule has 2 rings (SSSR count). The molecule has 0 aliphatic carbocycles. The lowest BCUT2D eigenvalue weighted by Crippen LogP contribution is -2.33. The molecule has 1 N–H and O–H groups in total. The first kappa shape index (κ1) is 16.7. The van der Waals surface area contributed by atoms with E-state index in [4.69, 9.17) is 0 Å². The van der Waals surface area contributed by atoms with Crippen molar-refractivity contribution in [2.45, 2.75) is 32.2 Å². The summed E-state index contributed by atoms with van der Waals surface area (Å²) in [5.41, 5.74) is 2.74. The van der Waals surface area contributed by atoms with Gasteiger partial charge >= 0.3 is 0 Å². The Labute approximate surface area is 144 Å². The topological polar surface area (TPSA) is 12.0 Å². The van der Waals surface area contributed by atoms with Crippen LogP contribution in [0.25, 0.3) is 0 Å². The van der Waals surface area contributed by atoms with Gasteiger partial charge in [-0.15, -0.1) is 0 Å². The highest BCUT2D eigenvalue weighted by molar-refractivity contribution is 9.10. The molecule has 0 heterocycles. The third kappa shape index (κ3) is 5.93. The lowest BCUT2D eigenvalue weighted by Gasteiger charge is -2.19.